The summed E-state index contributed by atoms with van der Waals surface area (Å²) in [7, 11) is 0. The number of halogens is 1. The van der Waals surface area contributed by atoms with Crippen LogP contribution in [0.25, 0.3) is 11.3 Å². The maximum Gasteiger partial charge on any atom is 0.325 e. The first-order chi connectivity index (χ1) is 10.7. The number of hydrogen-bond donors (Lipinski definition) is 2. The Morgan fingerprint density at radius 3 is 2.68 bits per heavy atom. The van der Waals surface area contributed by atoms with Crippen molar-refractivity contribution in [2.24, 2.45) is 0 Å². The number of aromatic nitrogens is 2. The Hall–Kier alpha value is -2.86. The second kappa shape index (κ2) is 6.28. The summed E-state index contributed by atoms with van der Waals surface area (Å²) in [5.74, 6) is 0.867. The van der Waals surface area contributed by atoms with Gasteiger partial charge in [0.1, 0.15) is 0 Å². The van der Waals surface area contributed by atoms with Crippen molar-refractivity contribution in [1.29, 1.82) is 0 Å². The minimum atomic E-state index is -0.484. The van der Waals surface area contributed by atoms with Gasteiger partial charge in [-0.3, -0.25) is 5.32 Å². The molecule has 0 aliphatic carbocycles. The van der Waals surface area contributed by atoms with E-state index in [4.69, 9.17) is 16.1 Å². The van der Waals surface area contributed by atoms with Crippen molar-refractivity contribution < 1.29 is 9.32 Å². The lowest BCUT2D eigenvalue weighted by Crippen LogP contribution is -2.19. The molecule has 2 aromatic heterocycles. The fourth-order valence-corrected chi connectivity index (χ4v) is 1.99. The van der Waals surface area contributed by atoms with Gasteiger partial charge in [-0.15, -0.1) is 0 Å². The first-order valence-electron chi connectivity index (χ1n) is 6.43. The highest BCUT2D eigenvalue weighted by Crippen LogP contribution is 2.22. The Morgan fingerprint density at radius 2 is 1.91 bits per heavy atom. The van der Waals surface area contributed by atoms with Crippen molar-refractivity contribution in [3.8, 4) is 11.3 Å². The molecule has 3 rings (SSSR count). The number of rotatable bonds is 3. The van der Waals surface area contributed by atoms with Gasteiger partial charge < -0.3 is 9.84 Å². The number of pyridine rings is 1. The van der Waals surface area contributed by atoms with Crippen molar-refractivity contribution in [2.75, 3.05) is 10.6 Å². The van der Waals surface area contributed by atoms with E-state index in [2.05, 4.69) is 20.8 Å². The van der Waals surface area contributed by atoms with E-state index in [0.717, 1.165) is 5.56 Å². The zero-order chi connectivity index (χ0) is 15.4. The van der Waals surface area contributed by atoms with Crippen molar-refractivity contribution in [1.82, 2.24) is 10.1 Å². The first kappa shape index (κ1) is 14.1. The monoisotopic (exact) mass is 314 g/mol. The molecule has 0 spiro atoms. The molecular weight excluding hydrogens is 304 g/mol. The Balaban J connectivity index is 1.68. The summed E-state index contributed by atoms with van der Waals surface area (Å²) in [6, 6.07) is 13.9. The Morgan fingerprint density at radius 1 is 1.09 bits per heavy atom. The van der Waals surface area contributed by atoms with Gasteiger partial charge in [-0.1, -0.05) is 47.1 Å². The standard InChI is InChI=1S/C15H11ClN4O2/c16-14-11(7-4-8-17-14)18-15(21)19-13-9-12(22-20-13)10-5-2-1-3-6-10/h1-9H,(H2,18,19,20,21). The maximum atomic E-state index is 11.9. The average Bonchev–Trinajstić information content (AvgIpc) is 2.99. The molecule has 0 aliphatic heterocycles. The van der Waals surface area contributed by atoms with Crippen molar-refractivity contribution in [2.45, 2.75) is 0 Å². The van der Waals surface area contributed by atoms with Gasteiger partial charge in [-0.2, -0.15) is 0 Å². The summed E-state index contributed by atoms with van der Waals surface area (Å²) >= 11 is 5.87. The van der Waals surface area contributed by atoms with Crippen LogP contribution in [0.15, 0.2) is 59.3 Å². The smallest absolute Gasteiger partial charge is 0.325 e. The molecule has 0 saturated heterocycles. The molecule has 2 amide bonds. The Labute approximate surface area is 131 Å². The highest BCUT2D eigenvalue weighted by atomic mass is 35.5. The lowest BCUT2D eigenvalue weighted by molar-refractivity contribution is 0.262. The molecule has 3 aromatic rings. The van der Waals surface area contributed by atoms with Crippen LogP contribution in [-0.4, -0.2) is 16.2 Å². The predicted octanol–water partition coefficient (Wildman–Crippen LogP) is 4.03. The minimum absolute atomic E-state index is 0.211. The fraction of sp³-hybridized carbons (Fsp3) is 0. The third kappa shape index (κ3) is 3.24. The Bertz CT molecular complexity index is 789. The number of benzene rings is 1. The van der Waals surface area contributed by atoms with E-state index >= 15 is 0 Å². The van der Waals surface area contributed by atoms with Crippen LogP contribution in [0.2, 0.25) is 5.15 Å². The number of hydrogen-bond acceptors (Lipinski definition) is 4. The van der Waals surface area contributed by atoms with E-state index in [1.54, 1.807) is 18.2 Å². The van der Waals surface area contributed by atoms with E-state index in [9.17, 15) is 4.79 Å². The molecule has 22 heavy (non-hydrogen) atoms. The number of carbonyl (C=O) groups is 1. The number of anilines is 2. The number of nitrogens with one attached hydrogen (secondary N) is 2. The summed E-state index contributed by atoms with van der Waals surface area (Å²) in [5.41, 5.74) is 1.28. The molecule has 0 radical (unpaired) electrons. The quantitative estimate of drug-likeness (QED) is 0.715. The molecule has 2 N–H and O–H groups in total. The van der Waals surface area contributed by atoms with E-state index in [0.29, 0.717) is 17.3 Å². The maximum absolute atomic E-state index is 11.9. The summed E-state index contributed by atoms with van der Waals surface area (Å²) in [5, 5.41) is 9.16. The van der Waals surface area contributed by atoms with E-state index in [1.165, 1.54) is 6.20 Å². The second-order valence-corrected chi connectivity index (χ2v) is 4.72. The molecule has 0 atom stereocenters. The zero-order valence-electron chi connectivity index (χ0n) is 11.3. The van der Waals surface area contributed by atoms with E-state index in [1.807, 2.05) is 30.3 Å². The van der Waals surface area contributed by atoms with Crippen LogP contribution in [0, 0.1) is 0 Å². The number of amides is 2. The van der Waals surface area contributed by atoms with Crippen LogP contribution in [0.4, 0.5) is 16.3 Å². The van der Waals surface area contributed by atoms with Crippen LogP contribution in [-0.2, 0) is 0 Å². The summed E-state index contributed by atoms with van der Waals surface area (Å²) < 4.78 is 5.19. The third-order valence-electron chi connectivity index (χ3n) is 2.82. The molecule has 2 heterocycles. The minimum Gasteiger partial charge on any atom is -0.354 e. The number of nitrogens with zero attached hydrogens (tertiary/aromatic N) is 2. The van der Waals surface area contributed by atoms with E-state index < -0.39 is 6.03 Å². The lowest BCUT2D eigenvalue weighted by Gasteiger charge is -2.05. The van der Waals surface area contributed by atoms with Gasteiger partial charge in [0, 0.05) is 17.8 Å². The van der Waals surface area contributed by atoms with Crippen LogP contribution in [0.1, 0.15) is 0 Å². The summed E-state index contributed by atoms with van der Waals surface area (Å²) in [6.07, 6.45) is 1.54. The number of carbonyl (C=O) groups excluding carboxylic acids is 1. The molecular formula is C15H11ClN4O2. The molecule has 0 unspecified atom stereocenters. The molecule has 110 valence electrons. The Kier molecular flexibility index (Phi) is 4.02. The molecule has 6 nitrogen and oxygen atoms in total. The highest BCUT2D eigenvalue weighted by Gasteiger charge is 2.10. The van der Waals surface area contributed by atoms with Crippen molar-refractivity contribution in [3.63, 3.8) is 0 Å². The average molecular weight is 315 g/mol. The summed E-state index contributed by atoms with van der Waals surface area (Å²) in [4.78, 5) is 15.8. The topological polar surface area (TPSA) is 80.0 Å². The van der Waals surface area contributed by atoms with Crippen LogP contribution >= 0.6 is 11.6 Å². The fourth-order valence-electron chi connectivity index (χ4n) is 1.82. The molecule has 0 saturated carbocycles. The molecule has 0 bridgehead atoms. The van der Waals surface area contributed by atoms with Gasteiger partial charge in [0.05, 0.1) is 5.69 Å². The van der Waals surface area contributed by atoms with Crippen LogP contribution < -0.4 is 10.6 Å². The van der Waals surface area contributed by atoms with Gasteiger partial charge in [0.15, 0.2) is 16.7 Å². The lowest BCUT2D eigenvalue weighted by atomic mass is 10.2. The largest absolute Gasteiger partial charge is 0.354 e. The third-order valence-corrected chi connectivity index (χ3v) is 3.12. The number of urea groups is 1. The first-order valence-corrected chi connectivity index (χ1v) is 6.81. The van der Waals surface area contributed by atoms with Gasteiger partial charge >= 0.3 is 6.03 Å². The van der Waals surface area contributed by atoms with Gasteiger partial charge in [0.2, 0.25) is 0 Å². The molecule has 7 heteroatoms. The van der Waals surface area contributed by atoms with Gasteiger partial charge in [0.25, 0.3) is 0 Å². The van der Waals surface area contributed by atoms with Crippen molar-refractivity contribution in [3.05, 3.63) is 59.9 Å². The molecule has 0 aliphatic rings. The van der Waals surface area contributed by atoms with Crippen LogP contribution in [0.5, 0.6) is 0 Å². The highest BCUT2D eigenvalue weighted by molar-refractivity contribution is 6.32. The molecule has 0 fully saturated rings. The summed E-state index contributed by atoms with van der Waals surface area (Å²) in [6.45, 7) is 0. The van der Waals surface area contributed by atoms with Crippen LogP contribution in [0.3, 0.4) is 0 Å². The normalized spacial score (nSPS) is 10.2. The SMILES string of the molecule is O=C(Nc1cc(-c2ccccc2)on1)Nc1cccnc1Cl. The zero-order valence-corrected chi connectivity index (χ0v) is 12.0. The molecule has 1 aromatic carbocycles. The van der Waals surface area contributed by atoms with Gasteiger partial charge in [-0.05, 0) is 12.1 Å². The second-order valence-electron chi connectivity index (χ2n) is 4.36. The predicted molar refractivity (Wildman–Crippen MR) is 83.8 cm³/mol. The van der Waals surface area contributed by atoms with Crippen molar-refractivity contribution >= 4 is 29.1 Å². The van der Waals surface area contributed by atoms with E-state index in [-0.39, 0.29) is 5.15 Å². The van der Waals surface area contributed by atoms with Gasteiger partial charge in [-0.25, -0.2) is 9.78 Å².